The molecule has 1 aromatic heterocycles. The number of aryl methyl sites for hydroxylation is 1. The van der Waals surface area contributed by atoms with E-state index in [1.807, 2.05) is 0 Å². The molecule has 0 saturated heterocycles. The van der Waals surface area contributed by atoms with Gasteiger partial charge < -0.3 is 14.4 Å². The van der Waals surface area contributed by atoms with Crippen LogP contribution in [0, 0.1) is 0 Å². The lowest BCUT2D eigenvalue weighted by molar-refractivity contribution is -0.0811. The fourth-order valence-corrected chi connectivity index (χ4v) is 0.798. The third-order valence-corrected chi connectivity index (χ3v) is 1.50. The first-order valence-electron chi connectivity index (χ1n) is 3.39. The predicted octanol–water partition coefficient (Wildman–Crippen LogP) is -0.582. The molecule has 0 aliphatic carbocycles. The lowest BCUT2D eigenvalue weighted by Gasteiger charge is -2.06. The molecule has 5 heteroatoms. The van der Waals surface area contributed by atoms with E-state index < -0.39 is 6.29 Å². The summed E-state index contributed by atoms with van der Waals surface area (Å²) in [7, 11) is 2.88. The highest BCUT2D eigenvalue weighted by atomic mass is 16.6. The number of hydrogen-bond donors (Lipinski definition) is 1. The predicted molar refractivity (Wildman–Crippen MR) is 41.4 cm³/mol. The number of methoxy groups -OCH3 is 1. The van der Waals surface area contributed by atoms with Gasteiger partial charge in [-0.3, -0.25) is 4.79 Å². The third kappa shape index (κ3) is 1.51. The van der Waals surface area contributed by atoms with Crippen molar-refractivity contribution in [3.63, 3.8) is 0 Å². The Kier molecular flexibility index (Phi) is 2.57. The van der Waals surface area contributed by atoms with Gasteiger partial charge in [-0.2, -0.15) is 0 Å². The monoisotopic (exact) mass is 170 g/mol. The maximum absolute atomic E-state index is 11.2. The van der Waals surface area contributed by atoms with Gasteiger partial charge in [-0.05, 0) is 0 Å². The van der Waals surface area contributed by atoms with Gasteiger partial charge in [0.1, 0.15) is 0 Å². The van der Waals surface area contributed by atoms with Gasteiger partial charge in [-0.15, -0.1) is 0 Å². The van der Waals surface area contributed by atoms with Gasteiger partial charge in [0.2, 0.25) is 6.29 Å². The molecule has 1 aromatic rings. The number of aromatic nitrogens is 2. The van der Waals surface area contributed by atoms with Gasteiger partial charge in [0.15, 0.2) is 5.69 Å². The maximum Gasteiger partial charge on any atom is 0.277 e. The first-order chi connectivity index (χ1) is 5.66. The van der Waals surface area contributed by atoms with E-state index >= 15 is 0 Å². The van der Waals surface area contributed by atoms with Crippen LogP contribution in [0.25, 0.3) is 0 Å². The molecule has 0 spiro atoms. The Bertz CT molecular complexity index is 321. The molecule has 0 fully saturated rings. The maximum atomic E-state index is 11.2. The fraction of sp³-hybridized carbons (Fsp3) is 0.429. The highest BCUT2D eigenvalue weighted by Crippen LogP contribution is 2.02. The van der Waals surface area contributed by atoms with Crippen LogP contribution >= 0.6 is 0 Å². The Labute approximate surface area is 69.2 Å². The minimum atomic E-state index is -1.25. The van der Waals surface area contributed by atoms with Crippen molar-refractivity contribution in [1.82, 2.24) is 9.55 Å². The van der Waals surface area contributed by atoms with Crippen LogP contribution in [0.2, 0.25) is 0 Å². The summed E-state index contributed by atoms with van der Waals surface area (Å²) in [4.78, 5) is 14.9. The summed E-state index contributed by atoms with van der Waals surface area (Å²) in [5, 5.41) is 9.14. The van der Waals surface area contributed by atoms with Crippen molar-refractivity contribution >= 4 is 0 Å². The highest BCUT2D eigenvalue weighted by Gasteiger charge is 2.12. The van der Waals surface area contributed by atoms with Crippen molar-refractivity contribution in [1.29, 1.82) is 0 Å². The molecule has 1 N–H and O–H groups in total. The lowest BCUT2D eigenvalue weighted by atomic mass is 10.4. The van der Waals surface area contributed by atoms with Crippen LogP contribution < -0.4 is 5.56 Å². The van der Waals surface area contributed by atoms with Crippen molar-refractivity contribution in [3.05, 3.63) is 28.4 Å². The summed E-state index contributed by atoms with van der Waals surface area (Å²) in [6, 6.07) is 0. The summed E-state index contributed by atoms with van der Waals surface area (Å²) >= 11 is 0. The van der Waals surface area contributed by atoms with E-state index in [-0.39, 0.29) is 11.3 Å². The molecule has 1 atom stereocenters. The van der Waals surface area contributed by atoms with Gasteiger partial charge in [-0.1, -0.05) is 0 Å². The van der Waals surface area contributed by atoms with Crippen molar-refractivity contribution in [2.45, 2.75) is 6.29 Å². The Morgan fingerprint density at radius 3 is 3.00 bits per heavy atom. The molecule has 0 saturated carbocycles. The highest BCUT2D eigenvalue weighted by molar-refractivity contribution is 4.98. The van der Waals surface area contributed by atoms with Crippen molar-refractivity contribution in [3.8, 4) is 0 Å². The number of aliphatic hydroxyl groups is 1. The van der Waals surface area contributed by atoms with E-state index in [0.717, 1.165) is 0 Å². The molecule has 0 radical (unpaired) electrons. The van der Waals surface area contributed by atoms with E-state index in [1.165, 1.54) is 24.1 Å². The van der Waals surface area contributed by atoms with Crippen LogP contribution in [0.1, 0.15) is 12.0 Å². The van der Waals surface area contributed by atoms with E-state index in [1.54, 1.807) is 7.05 Å². The summed E-state index contributed by atoms with van der Waals surface area (Å²) in [5.41, 5.74) is -0.352. The molecule has 0 bridgehead atoms. The molecule has 12 heavy (non-hydrogen) atoms. The van der Waals surface area contributed by atoms with E-state index in [2.05, 4.69) is 9.72 Å². The molecular formula is C7H10N2O3. The van der Waals surface area contributed by atoms with Gasteiger partial charge >= 0.3 is 0 Å². The first-order valence-corrected chi connectivity index (χ1v) is 3.39. The second-order valence-corrected chi connectivity index (χ2v) is 2.32. The molecule has 0 aliphatic heterocycles. The molecule has 0 aromatic carbocycles. The first kappa shape index (κ1) is 8.89. The average Bonchev–Trinajstić information content (AvgIpc) is 2.08. The van der Waals surface area contributed by atoms with Crippen LogP contribution in [0.3, 0.4) is 0 Å². The third-order valence-electron chi connectivity index (χ3n) is 1.50. The minimum Gasteiger partial charge on any atom is -0.363 e. The summed E-state index contributed by atoms with van der Waals surface area (Å²) in [5.74, 6) is 0. The molecule has 5 nitrogen and oxygen atoms in total. The van der Waals surface area contributed by atoms with Crippen LogP contribution in [0.15, 0.2) is 17.2 Å². The summed E-state index contributed by atoms with van der Waals surface area (Å²) in [6.45, 7) is 0. The van der Waals surface area contributed by atoms with Crippen LogP contribution in [0.4, 0.5) is 0 Å². The average molecular weight is 170 g/mol. The fourth-order valence-electron chi connectivity index (χ4n) is 0.798. The normalized spacial score (nSPS) is 12.9. The van der Waals surface area contributed by atoms with Gasteiger partial charge in [0.25, 0.3) is 5.56 Å². The van der Waals surface area contributed by atoms with E-state index in [4.69, 9.17) is 5.11 Å². The van der Waals surface area contributed by atoms with Gasteiger partial charge in [0.05, 0.1) is 0 Å². The Morgan fingerprint density at radius 2 is 2.42 bits per heavy atom. The van der Waals surface area contributed by atoms with Gasteiger partial charge in [0, 0.05) is 26.6 Å². The lowest BCUT2D eigenvalue weighted by Crippen LogP contribution is -2.24. The Balaban J connectivity index is 3.17. The molecule has 1 heterocycles. The SMILES string of the molecule is COC(O)c1nccn(C)c1=O. The van der Waals surface area contributed by atoms with Gasteiger partial charge in [-0.25, -0.2) is 4.98 Å². The Morgan fingerprint density at radius 1 is 1.75 bits per heavy atom. The molecule has 0 amide bonds. The number of aliphatic hydroxyl groups excluding tert-OH is 1. The van der Waals surface area contributed by atoms with Crippen molar-refractivity contribution in [2.24, 2.45) is 7.05 Å². The molecule has 1 unspecified atom stereocenters. The molecule has 0 aliphatic rings. The number of ether oxygens (including phenoxy) is 1. The smallest absolute Gasteiger partial charge is 0.277 e. The minimum absolute atomic E-state index is 0.00231. The van der Waals surface area contributed by atoms with Crippen molar-refractivity contribution in [2.75, 3.05) is 7.11 Å². The Hall–Kier alpha value is -1.20. The second kappa shape index (κ2) is 3.46. The molecule has 1 rings (SSSR count). The summed E-state index contributed by atoms with van der Waals surface area (Å²) in [6.07, 6.45) is 1.69. The zero-order valence-corrected chi connectivity index (χ0v) is 6.89. The zero-order valence-electron chi connectivity index (χ0n) is 6.89. The number of hydrogen-bond acceptors (Lipinski definition) is 4. The molecular weight excluding hydrogens is 160 g/mol. The topological polar surface area (TPSA) is 64.3 Å². The number of nitrogens with zero attached hydrogens (tertiary/aromatic N) is 2. The van der Waals surface area contributed by atoms with E-state index in [0.29, 0.717) is 0 Å². The standard InChI is InChI=1S/C7H10N2O3/c1-9-4-3-8-5(6(9)10)7(11)12-2/h3-4,7,11H,1-2H3. The second-order valence-electron chi connectivity index (χ2n) is 2.32. The number of rotatable bonds is 2. The zero-order chi connectivity index (χ0) is 9.14. The summed E-state index contributed by atoms with van der Waals surface area (Å²) < 4.78 is 5.88. The largest absolute Gasteiger partial charge is 0.363 e. The van der Waals surface area contributed by atoms with Crippen LogP contribution in [-0.4, -0.2) is 21.8 Å². The van der Waals surface area contributed by atoms with Crippen molar-refractivity contribution < 1.29 is 9.84 Å². The van der Waals surface area contributed by atoms with Crippen LogP contribution in [-0.2, 0) is 11.8 Å². The van der Waals surface area contributed by atoms with Crippen LogP contribution in [0.5, 0.6) is 0 Å². The quantitative estimate of drug-likeness (QED) is 0.603. The molecule has 66 valence electrons. The van der Waals surface area contributed by atoms with E-state index in [9.17, 15) is 4.79 Å².